The lowest BCUT2D eigenvalue weighted by atomic mass is 9.93. The van der Waals surface area contributed by atoms with E-state index in [4.69, 9.17) is 4.74 Å². The van der Waals surface area contributed by atoms with Crippen molar-refractivity contribution in [3.05, 3.63) is 98.8 Å². The highest BCUT2D eigenvalue weighted by molar-refractivity contribution is 6.09. The molecule has 0 N–H and O–H groups in total. The number of benzene rings is 3. The van der Waals surface area contributed by atoms with Gasteiger partial charge < -0.3 is 14.2 Å². The minimum atomic E-state index is -5.13. The molecular formula is C29H19F9N2O3. The number of nitrogens with zero attached hydrogens (tertiary/aromatic N) is 2. The molecule has 43 heavy (non-hydrogen) atoms. The molecule has 0 fully saturated rings. The molecule has 0 unspecified atom stereocenters. The average molecular weight is 614 g/mol. The maximum Gasteiger partial charge on any atom is 0.416 e. The Labute approximate surface area is 236 Å². The summed E-state index contributed by atoms with van der Waals surface area (Å²) in [6, 6.07) is 9.24. The number of hydrogen-bond donors (Lipinski definition) is 0. The van der Waals surface area contributed by atoms with Crippen molar-refractivity contribution >= 4 is 16.8 Å². The Morgan fingerprint density at radius 3 is 2.05 bits per heavy atom. The molecule has 226 valence electrons. The molecule has 4 aromatic rings. The molecule has 0 radical (unpaired) electrons. The topological polar surface area (TPSA) is 51.5 Å². The first-order chi connectivity index (χ1) is 20.0. The van der Waals surface area contributed by atoms with Crippen molar-refractivity contribution in [3.8, 4) is 16.9 Å². The van der Waals surface area contributed by atoms with Gasteiger partial charge >= 0.3 is 18.5 Å². The predicted octanol–water partition coefficient (Wildman–Crippen LogP) is 7.39. The summed E-state index contributed by atoms with van der Waals surface area (Å²) in [7, 11) is 1.06. The number of amides is 1. The monoisotopic (exact) mass is 614 g/mol. The molecular weight excluding hydrogens is 595 g/mol. The van der Waals surface area contributed by atoms with Gasteiger partial charge in [0, 0.05) is 24.5 Å². The Morgan fingerprint density at radius 2 is 1.44 bits per heavy atom. The normalized spacial score (nSPS) is 13.6. The summed E-state index contributed by atoms with van der Waals surface area (Å²) in [6.45, 7) is -0.779. The van der Waals surface area contributed by atoms with Crippen molar-refractivity contribution < 1.29 is 49.0 Å². The van der Waals surface area contributed by atoms with Gasteiger partial charge in [-0.05, 0) is 47.5 Å². The summed E-state index contributed by atoms with van der Waals surface area (Å²) in [4.78, 5) is 28.4. The number of hydrogen-bond acceptors (Lipinski definition) is 3. The molecule has 0 aliphatic carbocycles. The fourth-order valence-corrected chi connectivity index (χ4v) is 5.05. The number of para-hydroxylation sites is 1. The first kappa shape index (κ1) is 30.0. The van der Waals surface area contributed by atoms with Crippen molar-refractivity contribution in [2.75, 3.05) is 13.7 Å². The largest absolute Gasteiger partial charge is 0.490 e. The maximum absolute atomic E-state index is 13.8. The zero-order chi connectivity index (χ0) is 31.5. The van der Waals surface area contributed by atoms with Gasteiger partial charge in [0.1, 0.15) is 17.9 Å². The SMILES string of the molecule is CN(Cc1cc(C(F)(F)F)cc(C(F)(F)F)c1)C(=O)c1c(-c2cccc(C(F)(F)F)c2)c2cccc3c2n(c1=O)CCO3. The molecule has 3 aromatic carbocycles. The number of pyridine rings is 1. The van der Waals surface area contributed by atoms with Gasteiger partial charge in [0.25, 0.3) is 11.5 Å². The lowest BCUT2D eigenvalue weighted by Crippen LogP contribution is -2.37. The number of halogens is 9. The lowest BCUT2D eigenvalue weighted by Gasteiger charge is -2.26. The third kappa shape index (κ3) is 5.65. The van der Waals surface area contributed by atoms with Gasteiger partial charge in [0.05, 0.1) is 28.8 Å². The van der Waals surface area contributed by atoms with E-state index in [0.29, 0.717) is 12.1 Å². The van der Waals surface area contributed by atoms with E-state index in [9.17, 15) is 49.1 Å². The molecule has 0 atom stereocenters. The van der Waals surface area contributed by atoms with Crippen molar-refractivity contribution in [2.24, 2.45) is 0 Å². The van der Waals surface area contributed by atoms with E-state index in [1.54, 1.807) is 0 Å². The van der Waals surface area contributed by atoms with Crippen LogP contribution in [0.1, 0.15) is 32.6 Å². The summed E-state index contributed by atoms with van der Waals surface area (Å²) >= 11 is 0. The highest BCUT2D eigenvalue weighted by Crippen LogP contribution is 2.40. The molecule has 5 rings (SSSR count). The fraction of sp³-hybridized carbons (Fsp3) is 0.241. The molecule has 0 bridgehead atoms. The molecule has 1 aliphatic rings. The van der Waals surface area contributed by atoms with Gasteiger partial charge in [-0.2, -0.15) is 39.5 Å². The number of carbonyl (C=O) groups is 1. The van der Waals surface area contributed by atoms with Crippen LogP contribution in [-0.4, -0.2) is 29.0 Å². The summed E-state index contributed by atoms with van der Waals surface area (Å²) in [5.74, 6) is -0.879. The van der Waals surface area contributed by atoms with Crippen LogP contribution in [-0.2, 0) is 31.6 Å². The molecule has 0 saturated heterocycles. The smallest absolute Gasteiger partial charge is 0.416 e. The Morgan fingerprint density at radius 1 is 0.837 bits per heavy atom. The molecule has 0 saturated carbocycles. The van der Waals surface area contributed by atoms with E-state index in [1.165, 1.54) is 28.8 Å². The molecule has 1 aromatic heterocycles. The summed E-state index contributed by atoms with van der Waals surface area (Å²) in [5.41, 5.74) is -6.42. The zero-order valence-corrected chi connectivity index (χ0v) is 21.9. The molecule has 0 spiro atoms. The number of carbonyl (C=O) groups excluding carboxylic acids is 1. The van der Waals surface area contributed by atoms with E-state index >= 15 is 0 Å². The second kappa shape index (κ2) is 10.3. The van der Waals surface area contributed by atoms with Crippen LogP contribution in [0, 0.1) is 0 Å². The van der Waals surface area contributed by atoms with Gasteiger partial charge in [-0.1, -0.05) is 24.3 Å². The molecule has 2 heterocycles. The van der Waals surface area contributed by atoms with E-state index in [-0.39, 0.29) is 47.0 Å². The minimum Gasteiger partial charge on any atom is -0.490 e. The predicted molar refractivity (Wildman–Crippen MR) is 136 cm³/mol. The number of aromatic nitrogens is 1. The van der Waals surface area contributed by atoms with Gasteiger partial charge in [-0.25, -0.2) is 0 Å². The van der Waals surface area contributed by atoms with Gasteiger partial charge in [0.15, 0.2) is 0 Å². The van der Waals surface area contributed by atoms with E-state index < -0.39 is 64.4 Å². The maximum atomic E-state index is 13.8. The van der Waals surface area contributed by atoms with Crippen LogP contribution in [0.2, 0.25) is 0 Å². The first-order valence-electron chi connectivity index (χ1n) is 12.5. The van der Waals surface area contributed by atoms with Crippen molar-refractivity contribution in [2.45, 2.75) is 31.6 Å². The van der Waals surface area contributed by atoms with Crippen LogP contribution in [0.3, 0.4) is 0 Å². The Balaban J connectivity index is 1.70. The fourth-order valence-electron chi connectivity index (χ4n) is 5.05. The Hall–Kier alpha value is -4.49. The summed E-state index contributed by atoms with van der Waals surface area (Å²) in [5, 5.41) is 0.186. The second-order valence-electron chi connectivity index (χ2n) is 9.86. The van der Waals surface area contributed by atoms with Crippen LogP contribution in [0.25, 0.3) is 22.0 Å². The standard InChI is InChI=1S/C29H19F9N2O3/c1-39(14-15-10-18(28(33,34)35)13-19(11-15)29(36,37)38)25(41)23-22(16-4-2-5-17(12-16)27(30,31)32)20-6-3-7-21-24(20)40(26(23)42)8-9-43-21/h2-7,10-13H,8-9,14H2,1H3. The number of alkyl halides is 9. The molecule has 1 amide bonds. The van der Waals surface area contributed by atoms with Crippen LogP contribution < -0.4 is 10.3 Å². The van der Waals surface area contributed by atoms with E-state index in [2.05, 4.69) is 0 Å². The third-order valence-electron chi connectivity index (χ3n) is 6.93. The Kier molecular flexibility index (Phi) is 7.22. The first-order valence-corrected chi connectivity index (χ1v) is 12.5. The quantitative estimate of drug-likeness (QED) is 0.226. The van der Waals surface area contributed by atoms with Crippen LogP contribution in [0.4, 0.5) is 39.5 Å². The van der Waals surface area contributed by atoms with Crippen molar-refractivity contribution in [1.29, 1.82) is 0 Å². The van der Waals surface area contributed by atoms with E-state index in [1.807, 2.05) is 0 Å². The van der Waals surface area contributed by atoms with Gasteiger partial charge in [0.2, 0.25) is 0 Å². The van der Waals surface area contributed by atoms with Gasteiger partial charge in [-0.3, -0.25) is 9.59 Å². The summed E-state index contributed by atoms with van der Waals surface area (Å²) < 4.78 is 128. The third-order valence-corrected chi connectivity index (χ3v) is 6.93. The molecule has 14 heteroatoms. The van der Waals surface area contributed by atoms with Crippen LogP contribution >= 0.6 is 0 Å². The molecule has 1 aliphatic heterocycles. The van der Waals surface area contributed by atoms with Crippen LogP contribution in [0.15, 0.2) is 65.5 Å². The Bertz CT molecular complexity index is 1770. The average Bonchev–Trinajstić information content (AvgIpc) is 2.93. The zero-order valence-electron chi connectivity index (χ0n) is 21.9. The minimum absolute atomic E-state index is 0.0260. The van der Waals surface area contributed by atoms with Gasteiger partial charge in [-0.15, -0.1) is 0 Å². The second-order valence-corrected chi connectivity index (χ2v) is 9.86. The van der Waals surface area contributed by atoms with E-state index in [0.717, 1.165) is 30.1 Å². The molecule has 5 nitrogen and oxygen atoms in total. The number of ether oxygens (including phenoxy) is 1. The lowest BCUT2D eigenvalue weighted by molar-refractivity contribution is -0.143. The highest BCUT2D eigenvalue weighted by atomic mass is 19.4. The highest BCUT2D eigenvalue weighted by Gasteiger charge is 2.37. The van der Waals surface area contributed by atoms with Crippen molar-refractivity contribution in [3.63, 3.8) is 0 Å². The summed E-state index contributed by atoms with van der Waals surface area (Å²) in [6.07, 6.45) is -15.0. The van der Waals surface area contributed by atoms with Crippen LogP contribution in [0.5, 0.6) is 5.75 Å². The van der Waals surface area contributed by atoms with Crippen molar-refractivity contribution in [1.82, 2.24) is 9.47 Å². The number of rotatable bonds is 4.